The molecule has 0 aliphatic heterocycles. The lowest BCUT2D eigenvalue weighted by atomic mass is 9.76. The fourth-order valence-electron chi connectivity index (χ4n) is 2.73. The second-order valence-corrected chi connectivity index (χ2v) is 8.29. The fraction of sp³-hybridized carbons (Fsp3) is 0.381. The molecule has 0 aliphatic carbocycles. The monoisotopic (exact) mass is 400 g/mol. The number of carbonyl (C=O) groups excluding carboxylic acids is 1. The van der Waals surface area contributed by atoms with Gasteiger partial charge in [0.1, 0.15) is 0 Å². The molecule has 0 aliphatic rings. The number of amides is 1. The fourth-order valence-corrected chi connectivity index (χ4v) is 3.67. The van der Waals surface area contributed by atoms with Gasteiger partial charge in [-0.05, 0) is 56.8 Å². The summed E-state index contributed by atoms with van der Waals surface area (Å²) in [5.41, 5.74) is 2.09. The first-order chi connectivity index (χ1) is 13.3. The van der Waals surface area contributed by atoms with Gasteiger partial charge in [-0.1, -0.05) is 48.0 Å². The van der Waals surface area contributed by atoms with Gasteiger partial charge in [0.05, 0.1) is 5.94 Å². The molecule has 0 radical (unpaired) electrons. The molecule has 7 heteroatoms. The van der Waals surface area contributed by atoms with Gasteiger partial charge in [-0.3, -0.25) is 4.79 Å². The number of carbonyl (C=O) groups is 1. The molecule has 1 amide bonds. The Kier molecular flexibility index (Phi) is 9.05. The van der Waals surface area contributed by atoms with Crippen molar-refractivity contribution in [1.82, 2.24) is 9.62 Å². The molecule has 0 bridgehead atoms. The second-order valence-electron chi connectivity index (χ2n) is 7.17. The van der Waals surface area contributed by atoms with Crippen LogP contribution in [0.1, 0.15) is 31.4 Å². The maximum Gasteiger partial charge on any atom is 0.475 e. The smallest absolute Gasteiger partial charge is 0.426 e. The van der Waals surface area contributed by atoms with Crippen LogP contribution in [0.15, 0.2) is 59.5 Å². The van der Waals surface area contributed by atoms with Crippen LogP contribution in [-0.2, 0) is 11.2 Å². The number of hydrogen-bond donors (Lipinski definition) is 3. The lowest BCUT2D eigenvalue weighted by Crippen LogP contribution is -2.48. The summed E-state index contributed by atoms with van der Waals surface area (Å²) >= 11 is 1.62. The molecule has 0 saturated carbocycles. The predicted molar refractivity (Wildman–Crippen MR) is 116 cm³/mol. The first-order valence-electron chi connectivity index (χ1n) is 9.56. The van der Waals surface area contributed by atoms with Crippen LogP contribution in [0.5, 0.6) is 0 Å². The van der Waals surface area contributed by atoms with E-state index in [1.807, 2.05) is 61.5 Å². The van der Waals surface area contributed by atoms with Crippen molar-refractivity contribution in [1.29, 1.82) is 0 Å². The van der Waals surface area contributed by atoms with Gasteiger partial charge in [-0.15, -0.1) is 0 Å². The Balaban J connectivity index is 1.89. The van der Waals surface area contributed by atoms with E-state index in [-0.39, 0.29) is 18.4 Å². The minimum absolute atomic E-state index is 0.190. The third kappa shape index (κ3) is 7.68. The predicted octanol–water partition coefficient (Wildman–Crippen LogP) is 2.84. The Morgan fingerprint density at radius 1 is 1.11 bits per heavy atom. The number of nitrogens with one attached hydrogen (secondary N) is 1. The van der Waals surface area contributed by atoms with Gasteiger partial charge >= 0.3 is 7.12 Å². The quantitative estimate of drug-likeness (QED) is 0.423. The second kappa shape index (κ2) is 11.3. The van der Waals surface area contributed by atoms with Gasteiger partial charge in [0.25, 0.3) is 0 Å². The van der Waals surface area contributed by atoms with Crippen molar-refractivity contribution >= 4 is 25.0 Å². The Morgan fingerprint density at radius 2 is 1.75 bits per heavy atom. The van der Waals surface area contributed by atoms with Crippen molar-refractivity contribution < 1.29 is 14.8 Å². The Bertz CT molecular complexity index is 726. The maximum atomic E-state index is 12.4. The Morgan fingerprint density at radius 3 is 2.32 bits per heavy atom. The zero-order valence-corrected chi connectivity index (χ0v) is 17.5. The molecule has 5 nitrogen and oxygen atoms in total. The molecule has 0 heterocycles. The third-order valence-electron chi connectivity index (χ3n) is 4.38. The summed E-state index contributed by atoms with van der Waals surface area (Å²) in [6, 6.07) is 18.1. The molecule has 0 spiro atoms. The lowest BCUT2D eigenvalue weighted by molar-refractivity contribution is -0.121. The summed E-state index contributed by atoms with van der Waals surface area (Å²) in [7, 11) is -1.61. The van der Waals surface area contributed by atoms with Gasteiger partial charge in [-0.25, -0.2) is 4.31 Å². The van der Waals surface area contributed by atoms with E-state index in [0.29, 0.717) is 13.0 Å². The number of nitrogens with zero attached hydrogens (tertiary/aromatic N) is 1. The van der Waals surface area contributed by atoms with E-state index in [1.165, 1.54) is 0 Å². The van der Waals surface area contributed by atoms with Gasteiger partial charge in [-0.2, -0.15) is 0 Å². The van der Waals surface area contributed by atoms with E-state index in [2.05, 4.69) is 23.5 Å². The van der Waals surface area contributed by atoms with Crippen molar-refractivity contribution in [2.24, 2.45) is 0 Å². The van der Waals surface area contributed by atoms with Gasteiger partial charge in [0.15, 0.2) is 0 Å². The summed E-state index contributed by atoms with van der Waals surface area (Å²) in [6.45, 7) is 6.75. The number of rotatable bonds is 10. The molecule has 0 fully saturated rings. The number of aryl methyl sites for hydroxylation is 1. The zero-order valence-electron chi connectivity index (χ0n) is 16.7. The molecule has 150 valence electrons. The van der Waals surface area contributed by atoms with Crippen molar-refractivity contribution in [2.75, 3.05) is 6.54 Å². The summed E-state index contributed by atoms with van der Waals surface area (Å²) in [5.74, 6) is -0.922. The molecule has 0 saturated heterocycles. The molecule has 0 aromatic heterocycles. The van der Waals surface area contributed by atoms with Gasteiger partial charge in [0.2, 0.25) is 5.91 Å². The van der Waals surface area contributed by atoms with E-state index in [1.54, 1.807) is 11.9 Å². The number of benzene rings is 2. The summed E-state index contributed by atoms with van der Waals surface area (Å²) < 4.78 is 2.15. The molecule has 2 aromatic rings. The molecule has 28 heavy (non-hydrogen) atoms. The first-order valence-corrected chi connectivity index (χ1v) is 10.3. The summed E-state index contributed by atoms with van der Waals surface area (Å²) in [4.78, 5) is 13.5. The highest BCUT2D eigenvalue weighted by Crippen LogP contribution is 2.24. The van der Waals surface area contributed by atoms with E-state index in [4.69, 9.17) is 0 Å². The number of hydrogen-bond acceptors (Lipinski definition) is 5. The van der Waals surface area contributed by atoms with E-state index in [0.717, 1.165) is 16.0 Å². The van der Waals surface area contributed by atoms with Crippen LogP contribution in [0, 0.1) is 6.92 Å². The van der Waals surface area contributed by atoms with Crippen LogP contribution in [0.25, 0.3) is 0 Å². The summed E-state index contributed by atoms with van der Waals surface area (Å²) in [5, 5.41) is 22.1. The van der Waals surface area contributed by atoms with Crippen molar-refractivity contribution in [3.63, 3.8) is 0 Å². The standard InChI is InChI=1S/C21H29BN2O3S/c1-16(2)24(28-19-7-5-4-6-8-19)14-13-21(25)23-20(22(26)27)15-18-11-9-17(3)10-12-18/h4-12,16,20,26-27H,13-15H2,1-3H3,(H,23,25)/t20-/m0/s1. The molecule has 2 rings (SSSR count). The van der Waals surface area contributed by atoms with Crippen molar-refractivity contribution in [3.8, 4) is 0 Å². The normalized spacial score (nSPS) is 12.2. The minimum Gasteiger partial charge on any atom is -0.426 e. The average molecular weight is 400 g/mol. The van der Waals surface area contributed by atoms with Gasteiger partial charge < -0.3 is 15.4 Å². The van der Waals surface area contributed by atoms with E-state index in [9.17, 15) is 14.8 Å². The van der Waals surface area contributed by atoms with Gasteiger partial charge in [0, 0.05) is 23.9 Å². The molecule has 2 aromatic carbocycles. The first kappa shape index (κ1) is 22.5. The van der Waals surface area contributed by atoms with Crippen LogP contribution in [0.3, 0.4) is 0 Å². The highest BCUT2D eigenvalue weighted by Gasteiger charge is 2.26. The molecule has 0 unspecified atom stereocenters. The largest absolute Gasteiger partial charge is 0.475 e. The van der Waals surface area contributed by atoms with E-state index >= 15 is 0 Å². The topological polar surface area (TPSA) is 72.8 Å². The van der Waals surface area contributed by atoms with Crippen LogP contribution in [0.2, 0.25) is 0 Å². The van der Waals surface area contributed by atoms with Crippen molar-refractivity contribution in [3.05, 3.63) is 65.7 Å². The molecular formula is C21H29BN2O3S. The van der Waals surface area contributed by atoms with Crippen LogP contribution in [0.4, 0.5) is 0 Å². The lowest BCUT2D eigenvalue weighted by Gasteiger charge is -2.25. The molecule has 1 atom stereocenters. The zero-order chi connectivity index (χ0) is 20.5. The SMILES string of the molecule is Cc1ccc(C[C@H](NC(=O)CCN(Sc2ccccc2)C(C)C)B(O)O)cc1. The Labute approximate surface area is 172 Å². The van der Waals surface area contributed by atoms with E-state index < -0.39 is 13.1 Å². The molecule has 3 N–H and O–H groups in total. The highest BCUT2D eigenvalue weighted by atomic mass is 32.2. The van der Waals surface area contributed by atoms with Crippen LogP contribution < -0.4 is 5.32 Å². The summed E-state index contributed by atoms with van der Waals surface area (Å²) in [6.07, 6.45) is 0.658. The Hall–Kier alpha value is -1.80. The third-order valence-corrected chi connectivity index (χ3v) is 5.71. The average Bonchev–Trinajstić information content (AvgIpc) is 2.66. The van der Waals surface area contributed by atoms with Crippen LogP contribution in [-0.4, -0.2) is 45.9 Å². The van der Waals surface area contributed by atoms with Crippen molar-refractivity contribution in [2.45, 2.75) is 50.5 Å². The highest BCUT2D eigenvalue weighted by molar-refractivity contribution is 7.97. The maximum absolute atomic E-state index is 12.4. The minimum atomic E-state index is -1.61. The van der Waals surface area contributed by atoms with Crippen LogP contribution >= 0.6 is 11.9 Å². The molecular weight excluding hydrogens is 371 g/mol.